The predicted octanol–water partition coefficient (Wildman–Crippen LogP) is 1.97. The van der Waals surface area contributed by atoms with Gasteiger partial charge in [-0.15, -0.1) is 0 Å². The summed E-state index contributed by atoms with van der Waals surface area (Å²) in [6, 6.07) is 3.52. The van der Waals surface area contributed by atoms with E-state index < -0.39 is 0 Å². The number of halogens is 1. The van der Waals surface area contributed by atoms with Crippen LogP contribution in [-0.2, 0) is 6.54 Å². The lowest BCUT2D eigenvalue weighted by Gasteiger charge is -2.14. The van der Waals surface area contributed by atoms with Crippen molar-refractivity contribution in [3.05, 3.63) is 40.4 Å². The fourth-order valence-corrected chi connectivity index (χ4v) is 1.73. The van der Waals surface area contributed by atoms with Crippen LogP contribution in [0.5, 0.6) is 0 Å². The minimum absolute atomic E-state index is 0.113. The predicted molar refractivity (Wildman–Crippen MR) is 64.9 cm³/mol. The van der Waals surface area contributed by atoms with E-state index in [-0.39, 0.29) is 5.91 Å². The van der Waals surface area contributed by atoms with Crippen molar-refractivity contribution in [2.45, 2.75) is 13.5 Å². The average Bonchev–Trinajstić information content (AvgIpc) is 2.87. The van der Waals surface area contributed by atoms with E-state index in [0.29, 0.717) is 17.3 Å². The van der Waals surface area contributed by atoms with Gasteiger partial charge in [0.25, 0.3) is 5.91 Å². The minimum Gasteiger partial charge on any atom is -0.356 e. The maximum atomic E-state index is 12.0. The first-order valence-electron chi connectivity index (χ1n) is 5.16. The van der Waals surface area contributed by atoms with Gasteiger partial charge in [0.2, 0.25) is 0 Å². The van der Waals surface area contributed by atoms with Gasteiger partial charge in [0.1, 0.15) is 5.69 Å². The molecule has 0 unspecified atom stereocenters. The van der Waals surface area contributed by atoms with Crippen molar-refractivity contribution in [1.29, 1.82) is 0 Å². The SMILES string of the molecule is Cc1cc(CN(C)C(=O)c2cc(Cl)c[nH]2)n[nH]1. The lowest BCUT2D eigenvalue weighted by atomic mass is 10.3. The zero-order chi connectivity index (χ0) is 12.4. The fourth-order valence-electron chi connectivity index (χ4n) is 1.57. The molecule has 2 aromatic heterocycles. The number of nitrogens with zero attached hydrogens (tertiary/aromatic N) is 2. The van der Waals surface area contributed by atoms with Crippen LogP contribution in [0.2, 0.25) is 5.02 Å². The van der Waals surface area contributed by atoms with E-state index in [1.807, 2.05) is 13.0 Å². The molecule has 0 bridgehead atoms. The van der Waals surface area contributed by atoms with Crippen LogP contribution >= 0.6 is 11.6 Å². The van der Waals surface area contributed by atoms with E-state index in [9.17, 15) is 4.79 Å². The van der Waals surface area contributed by atoms with Gasteiger partial charge in [-0.3, -0.25) is 9.89 Å². The van der Waals surface area contributed by atoms with Gasteiger partial charge in [0.05, 0.1) is 17.3 Å². The molecule has 6 heteroatoms. The van der Waals surface area contributed by atoms with Gasteiger partial charge in [-0.05, 0) is 19.1 Å². The first-order chi connectivity index (χ1) is 8.06. The van der Waals surface area contributed by atoms with Gasteiger partial charge in [-0.25, -0.2) is 0 Å². The number of hydrogen-bond donors (Lipinski definition) is 2. The molecule has 0 aliphatic carbocycles. The second-order valence-electron chi connectivity index (χ2n) is 3.94. The van der Waals surface area contributed by atoms with E-state index in [4.69, 9.17) is 11.6 Å². The molecule has 0 aliphatic heterocycles. The topological polar surface area (TPSA) is 64.8 Å². The summed E-state index contributed by atoms with van der Waals surface area (Å²) in [4.78, 5) is 16.4. The normalized spacial score (nSPS) is 10.5. The highest BCUT2D eigenvalue weighted by atomic mass is 35.5. The van der Waals surface area contributed by atoms with E-state index >= 15 is 0 Å². The van der Waals surface area contributed by atoms with Crippen molar-refractivity contribution in [2.75, 3.05) is 7.05 Å². The lowest BCUT2D eigenvalue weighted by Crippen LogP contribution is -2.26. The highest BCUT2D eigenvalue weighted by Gasteiger charge is 2.14. The zero-order valence-corrected chi connectivity index (χ0v) is 10.4. The van der Waals surface area contributed by atoms with Gasteiger partial charge in [0.15, 0.2) is 0 Å². The number of aryl methyl sites for hydroxylation is 1. The van der Waals surface area contributed by atoms with Gasteiger partial charge >= 0.3 is 0 Å². The number of aromatic amines is 2. The number of aromatic nitrogens is 3. The first kappa shape index (κ1) is 11.7. The Balaban J connectivity index is 2.05. The summed E-state index contributed by atoms with van der Waals surface area (Å²) in [7, 11) is 1.72. The largest absolute Gasteiger partial charge is 0.356 e. The average molecular weight is 253 g/mol. The number of carbonyl (C=O) groups excluding carboxylic acids is 1. The maximum absolute atomic E-state index is 12.0. The van der Waals surface area contributed by atoms with Crippen LogP contribution < -0.4 is 0 Å². The molecule has 2 rings (SSSR count). The lowest BCUT2D eigenvalue weighted by molar-refractivity contribution is 0.0778. The van der Waals surface area contributed by atoms with Gasteiger partial charge in [0, 0.05) is 18.9 Å². The summed E-state index contributed by atoms with van der Waals surface area (Å²) in [6.07, 6.45) is 1.58. The van der Waals surface area contributed by atoms with Crippen LogP contribution in [0.1, 0.15) is 21.9 Å². The van der Waals surface area contributed by atoms with Crippen LogP contribution in [0.3, 0.4) is 0 Å². The molecule has 5 nitrogen and oxygen atoms in total. The fraction of sp³-hybridized carbons (Fsp3) is 0.273. The summed E-state index contributed by atoms with van der Waals surface area (Å²) in [5.74, 6) is -0.113. The number of amides is 1. The van der Waals surface area contributed by atoms with Gasteiger partial charge < -0.3 is 9.88 Å². The molecule has 1 amide bonds. The van der Waals surface area contributed by atoms with Gasteiger partial charge in [-0.2, -0.15) is 5.10 Å². The van der Waals surface area contributed by atoms with Crippen molar-refractivity contribution in [3.63, 3.8) is 0 Å². The Hall–Kier alpha value is -1.75. The van der Waals surface area contributed by atoms with Crippen LogP contribution in [0, 0.1) is 6.92 Å². The molecule has 2 aromatic rings. The van der Waals surface area contributed by atoms with E-state index in [1.54, 1.807) is 24.2 Å². The molecule has 0 saturated carbocycles. The second-order valence-corrected chi connectivity index (χ2v) is 4.37. The van der Waals surface area contributed by atoms with E-state index in [2.05, 4.69) is 15.2 Å². The highest BCUT2D eigenvalue weighted by molar-refractivity contribution is 6.30. The molecule has 2 heterocycles. The third-order valence-corrected chi connectivity index (χ3v) is 2.60. The Bertz CT molecular complexity index is 531. The second kappa shape index (κ2) is 4.63. The number of rotatable bonds is 3. The Kier molecular flexibility index (Phi) is 3.19. The Morgan fingerprint density at radius 3 is 2.82 bits per heavy atom. The molecule has 90 valence electrons. The molecule has 0 aliphatic rings. The summed E-state index contributed by atoms with van der Waals surface area (Å²) < 4.78 is 0. The van der Waals surface area contributed by atoms with Crippen LogP contribution in [0.15, 0.2) is 18.3 Å². The van der Waals surface area contributed by atoms with Crippen molar-refractivity contribution in [3.8, 4) is 0 Å². The van der Waals surface area contributed by atoms with Crippen molar-refractivity contribution >= 4 is 17.5 Å². The standard InChI is InChI=1S/C11H13ClN4O/c1-7-3-9(15-14-7)6-16(2)11(17)10-4-8(12)5-13-10/h3-5,13H,6H2,1-2H3,(H,14,15). The Morgan fingerprint density at radius 1 is 1.53 bits per heavy atom. The molecule has 0 saturated heterocycles. The first-order valence-corrected chi connectivity index (χ1v) is 5.54. The van der Waals surface area contributed by atoms with E-state index in [1.165, 1.54) is 0 Å². The summed E-state index contributed by atoms with van der Waals surface area (Å²) >= 11 is 5.75. The smallest absolute Gasteiger partial charge is 0.270 e. The molecular formula is C11H13ClN4O. The van der Waals surface area contributed by atoms with Crippen molar-refractivity contribution < 1.29 is 4.79 Å². The van der Waals surface area contributed by atoms with E-state index in [0.717, 1.165) is 11.4 Å². The number of nitrogens with one attached hydrogen (secondary N) is 2. The summed E-state index contributed by atoms with van der Waals surface area (Å²) in [6.45, 7) is 2.38. The number of H-pyrrole nitrogens is 2. The van der Waals surface area contributed by atoms with Crippen molar-refractivity contribution in [2.24, 2.45) is 0 Å². The molecule has 2 N–H and O–H groups in total. The van der Waals surface area contributed by atoms with Crippen LogP contribution in [0.4, 0.5) is 0 Å². The molecule has 0 fully saturated rings. The summed E-state index contributed by atoms with van der Waals surface area (Å²) in [5, 5.41) is 7.45. The monoisotopic (exact) mass is 252 g/mol. The Labute approximate surface area is 104 Å². The minimum atomic E-state index is -0.113. The molecule has 17 heavy (non-hydrogen) atoms. The molecule has 0 radical (unpaired) electrons. The zero-order valence-electron chi connectivity index (χ0n) is 9.62. The van der Waals surface area contributed by atoms with Gasteiger partial charge in [-0.1, -0.05) is 11.6 Å². The third kappa shape index (κ3) is 2.68. The van der Waals surface area contributed by atoms with Crippen LogP contribution in [0.25, 0.3) is 0 Å². The molecule has 0 atom stereocenters. The number of hydrogen-bond acceptors (Lipinski definition) is 2. The summed E-state index contributed by atoms with van der Waals surface area (Å²) in [5.41, 5.74) is 2.28. The molecular weight excluding hydrogens is 240 g/mol. The quantitative estimate of drug-likeness (QED) is 0.877. The molecule has 0 spiro atoms. The maximum Gasteiger partial charge on any atom is 0.270 e. The highest BCUT2D eigenvalue weighted by Crippen LogP contribution is 2.12. The third-order valence-electron chi connectivity index (χ3n) is 2.38. The number of carbonyl (C=O) groups is 1. The van der Waals surface area contributed by atoms with Crippen LogP contribution in [-0.4, -0.2) is 33.0 Å². The molecule has 0 aromatic carbocycles. The van der Waals surface area contributed by atoms with Crippen molar-refractivity contribution in [1.82, 2.24) is 20.1 Å². The Morgan fingerprint density at radius 2 is 2.29 bits per heavy atom.